The van der Waals surface area contributed by atoms with Gasteiger partial charge >= 0.3 is 0 Å². The molecule has 11 heteroatoms. The van der Waals surface area contributed by atoms with Gasteiger partial charge in [-0.3, -0.25) is 19.4 Å². The summed E-state index contributed by atoms with van der Waals surface area (Å²) in [5.41, 5.74) is 0.125. The predicted octanol–water partition coefficient (Wildman–Crippen LogP) is -0.713. The lowest BCUT2D eigenvalue weighted by Gasteiger charge is -2.37. The predicted molar refractivity (Wildman–Crippen MR) is 121 cm³/mol. The van der Waals surface area contributed by atoms with Gasteiger partial charge in [-0.25, -0.2) is 8.42 Å². The molecule has 2 saturated heterocycles. The second-order valence-corrected chi connectivity index (χ2v) is 10.7. The molecule has 3 aliphatic rings. The number of nitrogens with zero attached hydrogens (tertiary/aromatic N) is 5. The Morgan fingerprint density at radius 3 is 2.15 bits per heavy atom. The van der Waals surface area contributed by atoms with Gasteiger partial charge in [0.25, 0.3) is 0 Å². The van der Waals surface area contributed by atoms with Gasteiger partial charge in [0.05, 0.1) is 23.5 Å². The highest BCUT2D eigenvalue weighted by Crippen LogP contribution is 2.21. The van der Waals surface area contributed by atoms with Crippen LogP contribution in [0.2, 0.25) is 0 Å². The first-order valence-electron chi connectivity index (χ1n) is 11.4. The third-order valence-corrected chi connectivity index (χ3v) is 8.31. The van der Waals surface area contributed by atoms with Crippen molar-refractivity contribution in [3.63, 3.8) is 0 Å². The monoisotopic (exact) mass is 474 g/mol. The third kappa shape index (κ3) is 5.89. The molecule has 2 aliphatic heterocycles. The van der Waals surface area contributed by atoms with Crippen molar-refractivity contribution in [3.8, 4) is 6.07 Å². The summed E-state index contributed by atoms with van der Waals surface area (Å²) in [6.07, 6.45) is 2.16. The molecule has 178 valence electrons. The Kier molecular flexibility index (Phi) is 7.29. The molecule has 0 atom stereocenters. The van der Waals surface area contributed by atoms with Crippen LogP contribution in [0.15, 0.2) is 29.2 Å². The second kappa shape index (κ2) is 10.2. The zero-order valence-corrected chi connectivity index (χ0v) is 19.5. The van der Waals surface area contributed by atoms with Crippen molar-refractivity contribution in [2.45, 2.75) is 23.8 Å². The summed E-state index contributed by atoms with van der Waals surface area (Å²) in [4.78, 5) is 30.7. The van der Waals surface area contributed by atoms with Crippen LogP contribution in [0.25, 0.3) is 0 Å². The minimum absolute atomic E-state index is 0.00982. The summed E-state index contributed by atoms with van der Waals surface area (Å²) in [7, 11) is -3.78. The summed E-state index contributed by atoms with van der Waals surface area (Å²) in [5, 5.41) is 12.2. The largest absolute Gasteiger partial charge is 0.352 e. The number of sulfonamides is 1. The Balaban J connectivity index is 1.22. The van der Waals surface area contributed by atoms with Crippen molar-refractivity contribution >= 4 is 21.8 Å². The molecule has 1 saturated carbocycles. The zero-order chi connectivity index (χ0) is 23.4. The van der Waals surface area contributed by atoms with Crippen molar-refractivity contribution in [3.05, 3.63) is 29.8 Å². The minimum atomic E-state index is -3.78. The molecule has 4 rings (SSSR count). The maximum absolute atomic E-state index is 13.0. The van der Waals surface area contributed by atoms with Gasteiger partial charge in [0.15, 0.2) is 0 Å². The van der Waals surface area contributed by atoms with Crippen LogP contribution in [0, 0.1) is 11.3 Å². The lowest BCUT2D eigenvalue weighted by Crippen LogP contribution is -2.55. The number of benzene rings is 1. The van der Waals surface area contributed by atoms with E-state index < -0.39 is 10.0 Å². The zero-order valence-electron chi connectivity index (χ0n) is 18.6. The number of carbonyl (C=O) groups excluding carboxylic acids is 2. The van der Waals surface area contributed by atoms with E-state index in [4.69, 9.17) is 0 Å². The Labute approximate surface area is 194 Å². The molecule has 1 aromatic rings. The molecular formula is C22H30N6O4S. The molecule has 1 aromatic carbocycles. The maximum Gasteiger partial charge on any atom is 0.244 e. The standard InChI is InChI=1S/C22H30N6O4S/c23-15-18-3-1-2-4-20(18)33(31,32)28-13-11-27(12-14-28)22(30)17-26-9-7-25(8-10-26)16-21(29)24-19-5-6-19/h1-4,19H,5-14,16-17H2,(H,24,29). The average molecular weight is 475 g/mol. The second-order valence-electron chi connectivity index (χ2n) is 8.79. The first-order chi connectivity index (χ1) is 15.9. The molecule has 1 N–H and O–H groups in total. The van der Waals surface area contributed by atoms with E-state index in [2.05, 4.69) is 15.1 Å². The molecule has 0 radical (unpaired) electrons. The fourth-order valence-electron chi connectivity index (χ4n) is 4.20. The van der Waals surface area contributed by atoms with Gasteiger partial charge in [-0.2, -0.15) is 9.57 Å². The van der Waals surface area contributed by atoms with Crippen LogP contribution in [0.5, 0.6) is 0 Å². The van der Waals surface area contributed by atoms with E-state index in [-0.39, 0.29) is 35.4 Å². The van der Waals surface area contributed by atoms with Gasteiger partial charge in [-0.05, 0) is 25.0 Å². The molecule has 0 unspecified atom stereocenters. The van der Waals surface area contributed by atoms with Crippen LogP contribution in [-0.4, -0.2) is 111 Å². The molecule has 2 amide bonds. The van der Waals surface area contributed by atoms with Gasteiger partial charge in [0, 0.05) is 58.4 Å². The fourth-order valence-corrected chi connectivity index (χ4v) is 5.77. The van der Waals surface area contributed by atoms with Crippen LogP contribution in [0.4, 0.5) is 0 Å². The van der Waals surface area contributed by atoms with Crippen LogP contribution in [-0.2, 0) is 19.6 Å². The molecule has 0 spiro atoms. The number of rotatable bonds is 7. The molecule has 3 fully saturated rings. The van der Waals surface area contributed by atoms with Crippen LogP contribution in [0.3, 0.4) is 0 Å². The third-order valence-electron chi connectivity index (χ3n) is 6.35. The Bertz CT molecular complexity index is 1020. The molecule has 2 heterocycles. The Morgan fingerprint density at radius 1 is 0.939 bits per heavy atom. The summed E-state index contributed by atoms with van der Waals surface area (Å²) >= 11 is 0. The van der Waals surface area contributed by atoms with Gasteiger partial charge < -0.3 is 10.2 Å². The van der Waals surface area contributed by atoms with Gasteiger partial charge in [0.2, 0.25) is 21.8 Å². The van der Waals surface area contributed by atoms with Crippen molar-refractivity contribution in [1.29, 1.82) is 5.26 Å². The summed E-state index contributed by atoms with van der Waals surface area (Å²) in [6.45, 7) is 4.71. The van der Waals surface area contributed by atoms with E-state index in [0.29, 0.717) is 32.2 Å². The Morgan fingerprint density at radius 2 is 1.55 bits per heavy atom. The number of hydrogen-bond acceptors (Lipinski definition) is 7. The van der Waals surface area contributed by atoms with E-state index in [1.807, 2.05) is 6.07 Å². The lowest BCUT2D eigenvalue weighted by molar-refractivity contribution is -0.134. The summed E-state index contributed by atoms with van der Waals surface area (Å²) in [5.74, 6) is 0.0663. The van der Waals surface area contributed by atoms with E-state index in [1.165, 1.54) is 16.4 Å². The van der Waals surface area contributed by atoms with E-state index in [0.717, 1.165) is 39.0 Å². The molecular weight excluding hydrogens is 444 g/mol. The number of nitriles is 1. The van der Waals surface area contributed by atoms with Crippen molar-refractivity contribution in [2.24, 2.45) is 0 Å². The molecule has 33 heavy (non-hydrogen) atoms. The maximum atomic E-state index is 13.0. The summed E-state index contributed by atoms with van der Waals surface area (Å²) < 4.78 is 27.3. The molecule has 10 nitrogen and oxygen atoms in total. The van der Waals surface area contributed by atoms with E-state index >= 15 is 0 Å². The van der Waals surface area contributed by atoms with Gasteiger partial charge in [-0.15, -0.1) is 0 Å². The number of carbonyl (C=O) groups is 2. The molecule has 1 aliphatic carbocycles. The highest BCUT2D eigenvalue weighted by Gasteiger charge is 2.32. The van der Waals surface area contributed by atoms with Crippen LogP contribution >= 0.6 is 0 Å². The topological polar surface area (TPSA) is 117 Å². The van der Waals surface area contributed by atoms with Crippen molar-refractivity contribution < 1.29 is 18.0 Å². The Hall–Kier alpha value is -2.52. The van der Waals surface area contributed by atoms with Gasteiger partial charge in [0.1, 0.15) is 6.07 Å². The highest BCUT2D eigenvalue weighted by molar-refractivity contribution is 7.89. The van der Waals surface area contributed by atoms with Crippen LogP contribution < -0.4 is 5.32 Å². The molecule has 0 bridgehead atoms. The summed E-state index contributed by atoms with van der Waals surface area (Å²) in [6, 6.07) is 8.48. The van der Waals surface area contributed by atoms with Crippen molar-refractivity contribution in [1.82, 2.24) is 24.3 Å². The smallest absolute Gasteiger partial charge is 0.244 e. The van der Waals surface area contributed by atoms with Crippen molar-refractivity contribution in [2.75, 3.05) is 65.4 Å². The first kappa shape index (κ1) is 23.6. The first-order valence-corrected chi connectivity index (χ1v) is 12.8. The quantitative estimate of drug-likeness (QED) is 0.555. The number of nitrogens with one attached hydrogen (secondary N) is 1. The highest BCUT2D eigenvalue weighted by atomic mass is 32.2. The fraction of sp³-hybridized carbons (Fsp3) is 0.591. The van der Waals surface area contributed by atoms with Crippen LogP contribution in [0.1, 0.15) is 18.4 Å². The average Bonchev–Trinajstić information content (AvgIpc) is 3.64. The van der Waals surface area contributed by atoms with E-state index in [9.17, 15) is 23.3 Å². The SMILES string of the molecule is N#Cc1ccccc1S(=O)(=O)N1CCN(C(=O)CN2CCN(CC(=O)NC3CC3)CC2)CC1. The number of hydrogen-bond donors (Lipinski definition) is 1. The van der Waals surface area contributed by atoms with Gasteiger partial charge in [-0.1, -0.05) is 12.1 Å². The molecule has 0 aromatic heterocycles. The number of amides is 2. The number of piperazine rings is 2. The van der Waals surface area contributed by atoms with E-state index in [1.54, 1.807) is 17.0 Å². The normalized spacial score (nSPS) is 20.9. The lowest BCUT2D eigenvalue weighted by atomic mass is 10.2. The minimum Gasteiger partial charge on any atom is -0.352 e.